The number of aryl methyl sites for hydroxylation is 2. The summed E-state index contributed by atoms with van der Waals surface area (Å²) in [7, 11) is 0. The number of nitrogens with zero attached hydrogens (tertiary/aromatic N) is 2. The average molecular weight is 707 g/mol. The van der Waals surface area contributed by atoms with Crippen LogP contribution in [0.2, 0.25) is 0 Å². The first-order valence-electron chi connectivity index (χ1n) is 14.0. The van der Waals surface area contributed by atoms with Crippen molar-refractivity contribution in [2.75, 3.05) is 0 Å². The molecule has 7 aromatic rings. The Balaban J connectivity index is 0.000000206. The standard InChI is InChI=1S/C20H15N2.C12H10Si.C6H7.2ClH.Zr/c1-14-10-15-12-16(19-6-2-4-8-21-19)13-18(17(15)11-14)20-7-3-5-9-22-20;1-3-7-11(8-4-1)13-12-9-5-2-6-10-12;1-6-4-2-3-5-6;;;/h2-13H,1H3;1-10H;2-5H,1H3;2*1H;/q-1;;-1;;;+2/p-2. The molecule has 2 nitrogen and oxygen atoms in total. The summed E-state index contributed by atoms with van der Waals surface area (Å²) in [5.41, 5.74) is 6.42. The van der Waals surface area contributed by atoms with Crippen molar-refractivity contribution in [2.24, 2.45) is 0 Å². The van der Waals surface area contributed by atoms with Crippen LogP contribution in [0.4, 0.5) is 0 Å². The number of aromatic nitrogens is 2. The Morgan fingerprint density at radius 3 is 1.64 bits per heavy atom. The summed E-state index contributed by atoms with van der Waals surface area (Å²) in [6, 6.07) is 50.8. The van der Waals surface area contributed by atoms with Crippen molar-refractivity contribution in [2.45, 2.75) is 13.8 Å². The predicted molar refractivity (Wildman–Crippen MR) is 175 cm³/mol. The maximum absolute atomic E-state index is 4.52. The molecule has 0 saturated carbocycles. The monoisotopic (exact) mass is 704 g/mol. The van der Waals surface area contributed by atoms with Gasteiger partial charge in [0.05, 0.1) is 11.4 Å². The van der Waals surface area contributed by atoms with Gasteiger partial charge in [-0.05, 0) is 35.4 Å². The molecule has 0 N–H and O–H groups in total. The van der Waals surface area contributed by atoms with E-state index in [4.69, 9.17) is 0 Å². The summed E-state index contributed by atoms with van der Waals surface area (Å²) in [6.45, 7) is 4.21. The molecule has 0 saturated heterocycles. The molecular weight excluding hydrogens is 675 g/mol. The fraction of sp³-hybridized carbons (Fsp3) is 0.0526. The zero-order valence-corrected chi connectivity index (χ0v) is 29.6. The summed E-state index contributed by atoms with van der Waals surface area (Å²) < 4.78 is 0. The summed E-state index contributed by atoms with van der Waals surface area (Å²) in [4.78, 5) is 9.00. The Labute approximate surface area is 288 Å². The maximum atomic E-state index is 4.52. The molecule has 0 aliphatic carbocycles. The second kappa shape index (κ2) is 17.8. The molecule has 0 unspecified atom stereocenters. The number of pyridine rings is 2. The van der Waals surface area contributed by atoms with Crippen LogP contribution in [-0.4, -0.2) is 15.4 Å². The second-order valence-electron chi connectivity index (χ2n) is 10.1. The Kier molecular flexibility index (Phi) is 14.2. The predicted octanol–water partition coefficient (Wildman–Crippen LogP) is 2.05. The van der Waals surface area contributed by atoms with E-state index in [2.05, 4.69) is 127 Å². The summed E-state index contributed by atoms with van der Waals surface area (Å²) >= 11 is 1.64. The molecule has 0 amide bonds. The normalized spacial score (nSPS) is 9.82. The van der Waals surface area contributed by atoms with Gasteiger partial charge in [0.1, 0.15) is 0 Å². The van der Waals surface area contributed by atoms with Gasteiger partial charge in [0.2, 0.25) is 0 Å². The SMILES string of the molecule is C[c-]1cccc1.Cc1cc2c(-c3ccccn3)cc(-c3ccccn3)cc2[cH-]1.[Cl-].[Cl-].[Zr+2]=[Si](c1ccccc1)c1ccccc1. The van der Waals surface area contributed by atoms with Crippen molar-refractivity contribution in [3.05, 3.63) is 169 Å². The van der Waals surface area contributed by atoms with Gasteiger partial charge in [0, 0.05) is 12.4 Å². The molecular formula is C38H32Cl2N2SiZr-2. The molecule has 0 radical (unpaired) electrons. The minimum absolute atomic E-state index is 0. The van der Waals surface area contributed by atoms with Gasteiger partial charge >= 0.3 is 99.8 Å². The zero-order chi connectivity index (χ0) is 29.1. The first kappa shape index (κ1) is 35.1. The Morgan fingerprint density at radius 2 is 1.16 bits per heavy atom. The molecule has 0 aliphatic rings. The van der Waals surface area contributed by atoms with Crippen molar-refractivity contribution in [1.82, 2.24) is 9.97 Å². The van der Waals surface area contributed by atoms with E-state index in [1.807, 2.05) is 54.9 Å². The second-order valence-corrected chi connectivity index (χ2v) is 15.7. The van der Waals surface area contributed by atoms with E-state index < -0.39 is 5.43 Å². The Morgan fingerprint density at radius 1 is 0.636 bits per heavy atom. The third-order valence-electron chi connectivity index (χ3n) is 6.82. The van der Waals surface area contributed by atoms with Crippen LogP contribution in [0.15, 0.2) is 158 Å². The van der Waals surface area contributed by atoms with Gasteiger partial charge in [-0.2, -0.15) is 23.8 Å². The molecule has 6 heteroatoms. The van der Waals surface area contributed by atoms with Crippen molar-refractivity contribution >= 4 is 26.6 Å². The van der Waals surface area contributed by atoms with Crippen LogP contribution >= 0.6 is 0 Å². The van der Waals surface area contributed by atoms with Crippen LogP contribution in [0.25, 0.3) is 33.3 Å². The molecule has 44 heavy (non-hydrogen) atoms. The molecule has 0 bridgehead atoms. The fourth-order valence-corrected chi connectivity index (χ4v) is 8.58. The molecule has 5 aromatic carbocycles. The summed E-state index contributed by atoms with van der Waals surface area (Å²) in [5, 5.41) is 5.51. The minimum atomic E-state index is -0.455. The van der Waals surface area contributed by atoms with Crippen LogP contribution in [-0.2, 0) is 23.3 Å². The van der Waals surface area contributed by atoms with Crippen LogP contribution in [0.1, 0.15) is 11.1 Å². The number of hydrogen-bond acceptors (Lipinski definition) is 2. The van der Waals surface area contributed by atoms with E-state index in [-0.39, 0.29) is 24.8 Å². The molecule has 218 valence electrons. The van der Waals surface area contributed by atoms with Gasteiger partial charge in [-0.1, -0.05) is 32.0 Å². The van der Waals surface area contributed by atoms with E-state index in [1.54, 1.807) is 23.3 Å². The van der Waals surface area contributed by atoms with E-state index in [9.17, 15) is 0 Å². The van der Waals surface area contributed by atoms with Crippen molar-refractivity contribution in [3.63, 3.8) is 0 Å². The van der Waals surface area contributed by atoms with Crippen LogP contribution in [0.3, 0.4) is 0 Å². The van der Waals surface area contributed by atoms with Gasteiger partial charge in [-0.3, -0.25) is 9.97 Å². The summed E-state index contributed by atoms with van der Waals surface area (Å²) in [5.74, 6) is 0. The molecule has 0 aliphatic heterocycles. The molecule has 2 aromatic heterocycles. The van der Waals surface area contributed by atoms with Gasteiger partial charge < -0.3 is 24.8 Å². The van der Waals surface area contributed by atoms with E-state index in [0.717, 1.165) is 22.5 Å². The van der Waals surface area contributed by atoms with Gasteiger partial charge in [0.25, 0.3) is 0 Å². The van der Waals surface area contributed by atoms with E-state index >= 15 is 0 Å². The number of benzene rings is 3. The van der Waals surface area contributed by atoms with Gasteiger partial charge in [-0.15, -0.1) is 28.5 Å². The Hall–Kier alpha value is -3.40. The van der Waals surface area contributed by atoms with Gasteiger partial charge in [0.15, 0.2) is 0 Å². The topological polar surface area (TPSA) is 25.8 Å². The number of rotatable bonds is 4. The third-order valence-corrected chi connectivity index (χ3v) is 12.9. The molecule has 0 fully saturated rings. The van der Waals surface area contributed by atoms with Crippen LogP contribution < -0.4 is 35.2 Å². The van der Waals surface area contributed by atoms with Crippen molar-refractivity contribution in [1.29, 1.82) is 0 Å². The summed E-state index contributed by atoms with van der Waals surface area (Å²) in [6.07, 6.45) is 3.67. The fourth-order valence-electron chi connectivity index (χ4n) is 4.73. The molecule has 0 spiro atoms. The third kappa shape index (κ3) is 9.55. The molecule has 0 atom stereocenters. The number of hydrogen-bond donors (Lipinski definition) is 0. The average Bonchev–Trinajstić information content (AvgIpc) is 3.70. The van der Waals surface area contributed by atoms with Gasteiger partial charge in [-0.25, -0.2) is 12.1 Å². The molecule has 7 rings (SSSR count). The number of fused-ring (bicyclic) bond motifs is 1. The molecule has 2 heterocycles. The van der Waals surface area contributed by atoms with E-state index in [0.29, 0.717) is 0 Å². The van der Waals surface area contributed by atoms with Crippen molar-refractivity contribution in [3.8, 4) is 22.5 Å². The first-order valence-corrected chi connectivity index (χ1v) is 19.2. The van der Waals surface area contributed by atoms with E-state index in [1.165, 1.54) is 32.3 Å². The number of halogens is 2. The first-order chi connectivity index (χ1) is 20.6. The van der Waals surface area contributed by atoms with Crippen LogP contribution in [0, 0.1) is 13.8 Å². The quantitative estimate of drug-likeness (QED) is 0.207. The van der Waals surface area contributed by atoms with Crippen molar-refractivity contribution < 1.29 is 48.1 Å². The zero-order valence-electron chi connectivity index (χ0n) is 24.7. The Bertz CT molecular complexity index is 1800. The van der Waals surface area contributed by atoms with Crippen LogP contribution in [0.5, 0.6) is 0 Å².